The van der Waals surface area contributed by atoms with Gasteiger partial charge in [-0.1, -0.05) is 31.2 Å². The third-order valence-corrected chi connectivity index (χ3v) is 5.49. The number of guanidine groups is 1. The van der Waals surface area contributed by atoms with Gasteiger partial charge < -0.3 is 19.9 Å². The second kappa shape index (κ2) is 12.3. The number of hydrogen-bond acceptors (Lipinski definition) is 6. The number of aliphatic imine (C=N–C) groups is 1. The summed E-state index contributed by atoms with van der Waals surface area (Å²) in [5, 5.41) is 4.47. The summed E-state index contributed by atoms with van der Waals surface area (Å²) in [5.41, 5.74) is 2.38. The highest BCUT2D eigenvalue weighted by molar-refractivity contribution is 14.0. The summed E-state index contributed by atoms with van der Waals surface area (Å²) in [5.74, 6) is 1.92. The molecule has 1 aromatic heterocycles. The van der Waals surface area contributed by atoms with Crippen molar-refractivity contribution in [1.29, 1.82) is 0 Å². The van der Waals surface area contributed by atoms with Crippen LogP contribution in [-0.4, -0.2) is 60.1 Å². The third-order valence-electron chi connectivity index (χ3n) is 4.67. The molecule has 0 spiro atoms. The van der Waals surface area contributed by atoms with Crippen molar-refractivity contribution in [2.24, 2.45) is 4.99 Å². The van der Waals surface area contributed by atoms with Crippen molar-refractivity contribution in [3.8, 4) is 0 Å². The molecule has 1 aliphatic heterocycles. The number of piperazine rings is 1. The van der Waals surface area contributed by atoms with E-state index in [4.69, 9.17) is 9.73 Å². The number of rotatable bonds is 7. The van der Waals surface area contributed by atoms with Crippen LogP contribution in [0.1, 0.15) is 30.8 Å². The molecule has 2 aromatic rings. The quantitative estimate of drug-likeness (QED) is 0.337. The van der Waals surface area contributed by atoms with Crippen molar-refractivity contribution in [2.45, 2.75) is 33.4 Å². The van der Waals surface area contributed by atoms with E-state index in [1.54, 1.807) is 7.11 Å². The summed E-state index contributed by atoms with van der Waals surface area (Å²) in [4.78, 5) is 14.1. The summed E-state index contributed by atoms with van der Waals surface area (Å²) >= 11 is 1.50. The first-order chi connectivity index (χ1) is 13.7. The molecule has 1 N–H and O–H groups in total. The van der Waals surface area contributed by atoms with Crippen LogP contribution in [0, 0.1) is 0 Å². The van der Waals surface area contributed by atoms with Gasteiger partial charge in [0.1, 0.15) is 5.82 Å². The Morgan fingerprint density at radius 1 is 1.21 bits per heavy atom. The van der Waals surface area contributed by atoms with E-state index in [2.05, 4.69) is 62.6 Å². The first-order valence-corrected chi connectivity index (χ1v) is 10.7. The maximum atomic E-state index is 5.23. The number of halogens is 1. The molecule has 0 radical (unpaired) electrons. The smallest absolute Gasteiger partial charge is 0.205 e. The second-order valence-electron chi connectivity index (χ2n) is 6.74. The first kappa shape index (κ1) is 23.8. The van der Waals surface area contributed by atoms with E-state index in [1.165, 1.54) is 22.7 Å². The zero-order valence-corrected chi connectivity index (χ0v) is 20.6. The number of anilines is 1. The van der Waals surface area contributed by atoms with Crippen molar-refractivity contribution in [1.82, 2.24) is 19.6 Å². The topological polar surface area (TPSA) is 65.9 Å². The molecule has 0 unspecified atom stereocenters. The molecule has 1 saturated heterocycles. The number of benzene rings is 1. The summed E-state index contributed by atoms with van der Waals surface area (Å²) < 4.78 is 9.63. The molecule has 1 aromatic carbocycles. The lowest BCUT2D eigenvalue weighted by Gasteiger charge is -2.36. The van der Waals surface area contributed by atoms with Gasteiger partial charge in [-0.25, -0.2) is 9.98 Å². The Hall–Kier alpha value is -1.46. The van der Waals surface area contributed by atoms with Gasteiger partial charge >= 0.3 is 0 Å². The standard InChI is InChI=1S/C20H30N6OS.HI/c1-4-18-23-20(28-24-18)26-11-9-25(10-12-26)19(21-5-2)22-14-16-7-6-8-17(13-16)15-27-3;/h6-8,13H,4-5,9-12,14-15H2,1-3H3,(H,21,22);1H. The first-order valence-electron chi connectivity index (χ1n) is 9.91. The molecule has 1 fully saturated rings. The highest BCUT2D eigenvalue weighted by Gasteiger charge is 2.22. The van der Waals surface area contributed by atoms with Gasteiger partial charge in [0.25, 0.3) is 0 Å². The maximum Gasteiger partial charge on any atom is 0.205 e. The van der Waals surface area contributed by atoms with E-state index >= 15 is 0 Å². The lowest BCUT2D eigenvalue weighted by atomic mass is 10.1. The van der Waals surface area contributed by atoms with E-state index in [0.29, 0.717) is 13.2 Å². The molecule has 0 aliphatic carbocycles. The predicted octanol–water partition coefficient (Wildman–Crippen LogP) is 3.15. The molecule has 160 valence electrons. The molecular weight excluding hydrogens is 499 g/mol. The lowest BCUT2D eigenvalue weighted by molar-refractivity contribution is 0.185. The summed E-state index contributed by atoms with van der Waals surface area (Å²) in [6.45, 7) is 10.1. The van der Waals surface area contributed by atoms with Gasteiger partial charge in [-0.15, -0.1) is 24.0 Å². The van der Waals surface area contributed by atoms with Crippen LogP contribution in [0.5, 0.6) is 0 Å². The Balaban J connectivity index is 0.00000300. The highest BCUT2D eigenvalue weighted by atomic mass is 127. The van der Waals surface area contributed by atoms with Gasteiger partial charge in [0.15, 0.2) is 5.96 Å². The number of nitrogens with one attached hydrogen (secondary N) is 1. The maximum absolute atomic E-state index is 5.23. The van der Waals surface area contributed by atoms with Crippen molar-refractivity contribution in [2.75, 3.05) is 44.7 Å². The van der Waals surface area contributed by atoms with E-state index in [9.17, 15) is 0 Å². The molecule has 0 bridgehead atoms. The van der Waals surface area contributed by atoms with Crippen LogP contribution in [0.3, 0.4) is 0 Å². The molecule has 2 heterocycles. The van der Waals surface area contributed by atoms with Gasteiger partial charge in [0.2, 0.25) is 5.13 Å². The van der Waals surface area contributed by atoms with E-state index < -0.39 is 0 Å². The summed E-state index contributed by atoms with van der Waals surface area (Å²) in [6.07, 6.45) is 0.888. The van der Waals surface area contributed by atoms with Crippen LogP contribution in [0.25, 0.3) is 0 Å². The molecule has 9 heteroatoms. The molecule has 0 amide bonds. The molecule has 29 heavy (non-hydrogen) atoms. The Labute approximate surface area is 194 Å². The van der Waals surface area contributed by atoms with Crippen molar-refractivity contribution in [3.05, 3.63) is 41.2 Å². The predicted molar refractivity (Wildman–Crippen MR) is 130 cm³/mol. The van der Waals surface area contributed by atoms with Crippen molar-refractivity contribution in [3.63, 3.8) is 0 Å². The van der Waals surface area contributed by atoms with Crippen molar-refractivity contribution < 1.29 is 4.74 Å². The van der Waals surface area contributed by atoms with Crippen LogP contribution in [0.4, 0.5) is 5.13 Å². The largest absolute Gasteiger partial charge is 0.380 e. The summed E-state index contributed by atoms with van der Waals surface area (Å²) in [7, 11) is 1.72. The van der Waals surface area contributed by atoms with Crippen LogP contribution in [0.2, 0.25) is 0 Å². The minimum atomic E-state index is 0. The van der Waals surface area contributed by atoms with Gasteiger partial charge in [0.05, 0.1) is 13.2 Å². The minimum absolute atomic E-state index is 0. The fourth-order valence-electron chi connectivity index (χ4n) is 3.20. The number of methoxy groups -OCH3 is 1. The Morgan fingerprint density at radius 2 is 1.97 bits per heavy atom. The zero-order valence-electron chi connectivity index (χ0n) is 17.4. The third kappa shape index (κ3) is 6.78. The SMILES string of the molecule is CCNC(=NCc1cccc(COC)c1)N1CCN(c2nc(CC)ns2)CC1.I. The fourth-order valence-corrected chi connectivity index (χ4v) is 4.00. The lowest BCUT2D eigenvalue weighted by Crippen LogP contribution is -2.52. The normalized spacial score (nSPS) is 14.7. The van der Waals surface area contributed by atoms with Gasteiger partial charge in [-0.05, 0) is 18.1 Å². The molecule has 3 rings (SSSR count). The fraction of sp³-hybridized carbons (Fsp3) is 0.550. The molecule has 0 atom stereocenters. The number of aryl methyl sites for hydroxylation is 1. The van der Waals surface area contributed by atoms with Gasteiger partial charge in [0, 0.05) is 57.8 Å². The molecular formula is C20H31IN6OS. The second-order valence-corrected chi connectivity index (χ2v) is 7.47. The van der Waals surface area contributed by atoms with Gasteiger partial charge in [-0.3, -0.25) is 0 Å². The Bertz CT molecular complexity index is 776. The molecule has 0 saturated carbocycles. The van der Waals surface area contributed by atoms with Crippen LogP contribution in [-0.2, 0) is 24.3 Å². The van der Waals surface area contributed by atoms with E-state index in [-0.39, 0.29) is 24.0 Å². The zero-order chi connectivity index (χ0) is 19.8. The number of ether oxygens (including phenoxy) is 1. The van der Waals surface area contributed by atoms with Gasteiger partial charge in [-0.2, -0.15) is 4.37 Å². The molecule has 7 nitrogen and oxygen atoms in total. The number of aromatic nitrogens is 2. The van der Waals surface area contributed by atoms with E-state index in [1.807, 2.05) is 0 Å². The Kier molecular flexibility index (Phi) is 10.1. The van der Waals surface area contributed by atoms with Crippen LogP contribution in [0.15, 0.2) is 29.3 Å². The number of nitrogens with zero attached hydrogens (tertiary/aromatic N) is 5. The van der Waals surface area contributed by atoms with E-state index in [0.717, 1.165) is 56.1 Å². The van der Waals surface area contributed by atoms with Crippen LogP contribution >= 0.6 is 35.5 Å². The monoisotopic (exact) mass is 530 g/mol. The van der Waals surface area contributed by atoms with Crippen LogP contribution < -0.4 is 10.2 Å². The minimum Gasteiger partial charge on any atom is -0.380 e. The highest BCUT2D eigenvalue weighted by Crippen LogP contribution is 2.19. The summed E-state index contributed by atoms with van der Waals surface area (Å²) in [6, 6.07) is 8.43. The average Bonchev–Trinajstić information content (AvgIpc) is 3.21. The average molecular weight is 530 g/mol. The Morgan fingerprint density at radius 3 is 2.62 bits per heavy atom. The van der Waals surface area contributed by atoms with Crippen molar-refractivity contribution >= 4 is 46.6 Å². The number of hydrogen-bond donors (Lipinski definition) is 1. The molecule has 1 aliphatic rings.